The van der Waals surface area contributed by atoms with Crippen LogP contribution in [0.1, 0.15) is 54.4 Å². The number of nitrogens with zero attached hydrogens (tertiary/aromatic N) is 1. The fraction of sp³-hybridized carbons (Fsp3) is 0.682. The SMILES string of the molecule is O=C(NCCCOCC1CCOCC1)c1ccc(CN2CCCCC2)cc1. The van der Waals surface area contributed by atoms with Crippen LogP contribution in [-0.4, -0.2) is 56.9 Å². The molecule has 3 rings (SSSR count). The number of hydrogen-bond donors (Lipinski definition) is 1. The minimum atomic E-state index is 0.00366. The van der Waals surface area contributed by atoms with E-state index in [1.807, 2.05) is 12.1 Å². The predicted molar refractivity (Wildman–Crippen MR) is 107 cm³/mol. The first kappa shape index (κ1) is 20.3. The summed E-state index contributed by atoms with van der Waals surface area (Å²) in [5.74, 6) is 0.640. The third kappa shape index (κ3) is 7.24. The number of nitrogens with one attached hydrogen (secondary N) is 1. The third-order valence-corrected chi connectivity index (χ3v) is 5.52. The van der Waals surface area contributed by atoms with E-state index in [-0.39, 0.29) is 5.91 Å². The maximum absolute atomic E-state index is 12.2. The highest BCUT2D eigenvalue weighted by molar-refractivity contribution is 5.94. The lowest BCUT2D eigenvalue weighted by Gasteiger charge is -2.26. The number of hydrogen-bond acceptors (Lipinski definition) is 4. The van der Waals surface area contributed by atoms with Gasteiger partial charge in [0.1, 0.15) is 0 Å². The van der Waals surface area contributed by atoms with E-state index < -0.39 is 0 Å². The second-order valence-corrected chi connectivity index (χ2v) is 7.77. The zero-order chi connectivity index (χ0) is 18.7. The maximum Gasteiger partial charge on any atom is 0.251 e. The fourth-order valence-electron chi connectivity index (χ4n) is 3.78. The molecule has 5 nitrogen and oxygen atoms in total. The Kier molecular flexibility index (Phi) is 8.59. The van der Waals surface area contributed by atoms with Crippen molar-refractivity contribution in [1.29, 1.82) is 0 Å². The van der Waals surface area contributed by atoms with Gasteiger partial charge in [-0.1, -0.05) is 18.6 Å². The normalized spacial score (nSPS) is 19.1. The Morgan fingerprint density at radius 1 is 1.11 bits per heavy atom. The Hall–Kier alpha value is -1.43. The number of benzene rings is 1. The van der Waals surface area contributed by atoms with Gasteiger partial charge >= 0.3 is 0 Å². The van der Waals surface area contributed by atoms with Gasteiger partial charge in [-0.2, -0.15) is 0 Å². The Bertz CT molecular complexity index is 549. The zero-order valence-corrected chi connectivity index (χ0v) is 16.5. The number of ether oxygens (including phenoxy) is 2. The molecule has 0 bridgehead atoms. The highest BCUT2D eigenvalue weighted by Crippen LogP contribution is 2.15. The monoisotopic (exact) mass is 374 g/mol. The highest BCUT2D eigenvalue weighted by atomic mass is 16.5. The van der Waals surface area contributed by atoms with Crippen molar-refractivity contribution < 1.29 is 14.3 Å². The zero-order valence-electron chi connectivity index (χ0n) is 16.5. The molecule has 0 aliphatic carbocycles. The summed E-state index contributed by atoms with van der Waals surface area (Å²) in [6.45, 7) is 7.27. The van der Waals surface area contributed by atoms with Crippen LogP contribution in [0.3, 0.4) is 0 Å². The largest absolute Gasteiger partial charge is 0.381 e. The molecule has 0 unspecified atom stereocenters. The van der Waals surface area contributed by atoms with Gasteiger partial charge in [0, 0.05) is 45.1 Å². The Labute approximate surface area is 163 Å². The van der Waals surface area contributed by atoms with Crippen LogP contribution < -0.4 is 5.32 Å². The lowest BCUT2D eigenvalue weighted by Crippen LogP contribution is -2.29. The summed E-state index contributed by atoms with van der Waals surface area (Å²) in [5, 5.41) is 2.99. The summed E-state index contributed by atoms with van der Waals surface area (Å²) >= 11 is 0. The quantitative estimate of drug-likeness (QED) is 0.674. The topological polar surface area (TPSA) is 50.8 Å². The Balaban J connectivity index is 1.28. The molecule has 2 saturated heterocycles. The molecule has 1 N–H and O–H groups in total. The molecule has 5 heteroatoms. The van der Waals surface area contributed by atoms with Gasteiger partial charge in [0.15, 0.2) is 0 Å². The lowest BCUT2D eigenvalue weighted by molar-refractivity contribution is 0.0202. The number of carbonyl (C=O) groups is 1. The summed E-state index contributed by atoms with van der Waals surface area (Å²) in [6.07, 6.45) is 7.02. The fourth-order valence-corrected chi connectivity index (χ4v) is 3.78. The van der Waals surface area contributed by atoms with Crippen LogP contribution in [0.5, 0.6) is 0 Å². The van der Waals surface area contributed by atoms with Crippen molar-refractivity contribution in [3.8, 4) is 0 Å². The van der Waals surface area contributed by atoms with Gasteiger partial charge in [0.2, 0.25) is 0 Å². The summed E-state index contributed by atoms with van der Waals surface area (Å²) in [5.41, 5.74) is 2.02. The van der Waals surface area contributed by atoms with E-state index in [4.69, 9.17) is 9.47 Å². The molecule has 2 aliphatic rings. The van der Waals surface area contributed by atoms with Crippen molar-refractivity contribution in [3.05, 3.63) is 35.4 Å². The van der Waals surface area contributed by atoms with Gasteiger partial charge in [-0.25, -0.2) is 0 Å². The van der Waals surface area contributed by atoms with Gasteiger partial charge in [0.05, 0.1) is 0 Å². The highest BCUT2D eigenvalue weighted by Gasteiger charge is 2.14. The van der Waals surface area contributed by atoms with Gasteiger partial charge in [0.25, 0.3) is 5.91 Å². The summed E-state index contributed by atoms with van der Waals surface area (Å²) in [6, 6.07) is 8.05. The van der Waals surface area contributed by atoms with Crippen LogP contribution in [0.4, 0.5) is 0 Å². The predicted octanol–water partition coefficient (Wildman–Crippen LogP) is 3.24. The van der Waals surface area contributed by atoms with E-state index in [9.17, 15) is 4.79 Å². The van der Waals surface area contributed by atoms with Crippen molar-refractivity contribution >= 4 is 5.91 Å². The van der Waals surface area contributed by atoms with Gasteiger partial charge in [-0.15, -0.1) is 0 Å². The van der Waals surface area contributed by atoms with Crippen LogP contribution in [0.2, 0.25) is 0 Å². The molecule has 27 heavy (non-hydrogen) atoms. The second-order valence-electron chi connectivity index (χ2n) is 7.77. The lowest BCUT2D eigenvalue weighted by atomic mass is 10.0. The molecular weight excluding hydrogens is 340 g/mol. The number of likely N-dealkylation sites (tertiary alicyclic amines) is 1. The summed E-state index contributed by atoms with van der Waals surface area (Å²) < 4.78 is 11.1. The molecule has 0 aromatic heterocycles. The molecule has 0 spiro atoms. The number of carbonyl (C=O) groups excluding carboxylic acids is 1. The molecule has 1 aromatic carbocycles. The minimum absolute atomic E-state index is 0.00366. The molecule has 0 saturated carbocycles. The van der Waals surface area contributed by atoms with Gasteiger partial charge < -0.3 is 14.8 Å². The van der Waals surface area contributed by atoms with Crippen molar-refractivity contribution in [2.45, 2.75) is 45.1 Å². The standard InChI is InChI=1S/C22H34N2O3/c25-22(23-11-4-14-27-18-20-9-15-26-16-10-20)21-7-5-19(6-8-21)17-24-12-2-1-3-13-24/h5-8,20H,1-4,9-18H2,(H,23,25). The molecule has 2 fully saturated rings. The second kappa shape index (κ2) is 11.4. The van der Waals surface area contributed by atoms with Crippen molar-refractivity contribution in [2.75, 3.05) is 46.1 Å². The Morgan fingerprint density at radius 3 is 2.59 bits per heavy atom. The van der Waals surface area contributed by atoms with E-state index >= 15 is 0 Å². The van der Waals surface area contributed by atoms with E-state index in [0.29, 0.717) is 19.1 Å². The summed E-state index contributed by atoms with van der Waals surface area (Å²) in [7, 11) is 0. The Morgan fingerprint density at radius 2 is 1.85 bits per heavy atom. The van der Waals surface area contributed by atoms with Crippen LogP contribution in [-0.2, 0) is 16.0 Å². The molecule has 150 valence electrons. The average Bonchev–Trinajstić information content (AvgIpc) is 2.72. The smallest absolute Gasteiger partial charge is 0.251 e. The number of rotatable bonds is 9. The van der Waals surface area contributed by atoms with Crippen molar-refractivity contribution in [2.24, 2.45) is 5.92 Å². The first-order chi connectivity index (χ1) is 13.3. The molecular formula is C22H34N2O3. The van der Waals surface area contributed by atoms with Crippen molar-refractivity contribution in [3.63, 3.8) is 0 Å². The third-order valence-electron chi connectivity index (χ3n) is 5.52. The molecule has 2 aliphatic heterocycles. The van der Waals surface area contributed by atoms with E-state index in [0.717, 1.165) is 51.2 Å². The minimum Gasteiger partial charge on any atom is -0.381 e. The van der Waals surface area contributed by atoms with Crippen LogP contribution >= 0.6 is 0 Å². The van der Waals surface area contributed by atoms with Crippen LogP contribution in [0.25, 0.3) is 0 Å². The molecule has 2 heterocycles. The number of amides is 1. The van der Waals surface area contributed by atoms with E-state index in [1.165, 1.54) is 37.9 Å². The van der Waals surface area contributed by atoms with Crippen LogP contribution in [0.15, 0.2) is 24.3 Å². The maximum atomic E-state index is 12.2. The molecule has 0 radical (unpaired) electrons. The first-order valence-corrected chi connectivity index (χ1v) is 10.6. The molecule has 1 aromatic rings. The van der Waals surface area contributed by atoms with Gasteiger partial charge in [-0.3, -0.25) is 9.69 Å². The molecule has 1 amide bonds. The summed E-state index contributed by atoms with van der Waals surface area (Å²) in [4.78, 5) is 14.7. The van der Waals surface area contributed by atoms with Crippen molar-refractivity contribution in [1.82, 2.24) is 10.2 Å². The van der Waals surface area contributed by atoms with Crippen LogP contribution in [0, 0.1) is 5.92 Å². The van der Waals surface area contributed by atoms with E-state index in [1.54, 1.807) is 0 Å². The average molecular weight is 375 g/mol. The molecule has 0 atom stereocenters. The van der Waals surface area contributed by atoms with E-state index in [2.05, 4.69) is 22.3 Å². The first-order valence-electron chi connectivity index (χ1n) is 10.6. The number of piperidine rings is 1. The van der Waals surface area contributed by atoms with Gasteiger partial charge in [-0.05, 0) is 68.8 Å².